The predicted octanol–water partition coefficient (Wildman–Crippen LogP) is 1.32. The second kappa shape index (κ2) is 15.2. The molecule has 0 unspecified atom stereocenters. The number of aryl methyl sites for hydroxylation is 2. The monoisotopic (exact) mass is 606 g/mol. The van der Waals surface area contributed by atoms with E-state index >= 15 is 0 Å². The summed E-state index contributed by atoms with van der Waals surface area (Å²) in [4.78, 5) is 0. The Hall–Kier alpha value is 0.367. The molecule has 0 aromatic heterocycles. The van der Waals surface area contributed by atoms with Gasteiger partial charge < -0.3 is 24.8 Å². The van der Waals surface area contributed by atoms with Crippen LogP contribution in [0.5, 0.6) is 0 Å². The summed E-state index contributed by atoms with van der Waals surface area (Å²) in [6.45, 7) is 22.6. The Bertz CT molecular complexity index is 598. The Kier molecular flexibility index (Phi) is 17.9. The van der Waals surface area contributed by atoms with Crippen molar-refractivity contribution in [3.63, 3.8) is 0 Å². The average Bonchev–Trinajstić information content (AvgIpc) is 3.15. The fourth-order valence-corrected chi connectivity index (χ4v) is 2.36. The minimum Gasteiger partial charge on any atom is -1.00 e. The molecule has 0 radical (unpaired) electrons. The van der Waals surface area contributed by atoms with Gasteiger partial charge in [-0.05, 0) is 0 Å². The average molecular weight is 606 g/mol. The quantitative estimate of drug-likeness (QED) is 0.358. The molecule has 0 aliphatic rings. The van der Waals surface area contributed by atoms with Crippen LogP contribution in [0.4, 0.5) is 0 Å². The number of rotatable bonds is 2. The molecule has 0 nitrogen and oxygen atoms in total. The summed E-state index contributed by atoms with van der Waals surface area (Å²) in [5, 5.41) is 0. The van der Waals surface area contributed by atoms with Crippen molar-refractivity contribution in [1.82, 2.24) is 0 Å². The first-order valence-electron chi connectivity index (χ1n) is 9.85. The third kappa shape index (κ3) is 14.4. The van der Waals surface area contributed by atoms with E-state index in [0.717, 1.165) is 12.8 Å². The van der Waals surface area contributed by atoms with Crippen molar-refractivity contribution in [2.24, 2.45) is 0 Å². The first-order chi connectivity index (χ1) is 11.8. The Balaban J connectivity index is -0.000000355. The molecule has 0 aliphatic carbocycles. The van der Waals surface area contributed by atoms with Crippen molar-refractivity contribution < 1.29 is 47.8 Å². The molecule has 0 amide bonds. The maximum atomic E-state index is 2.33. The molecule has 4 heteroatoms. The fraction of sp³-hybridized carbons (Fsp3) is 0.583. The molecule has 2 rings (SSSR count). The van der Waals surface area contributed by atoms with E-state index in [2.05, 4.69) is 105 Å². The Morgan fingerprint density at radius 2 is 1.00 bits per heavy atom. The van der Waals surface area contributed by atoms with Crippen molar-refractivity contribution in [3.05, 3.63) is 58.7 Å². The molecule has 28 heavy (non-hydrogen) atoms. The molecule has 160 valence electrons. The summed E-state index contributed by atoms with van der Waals surface area (Å²) in [5.74, 6) is 0. The molecule has 0 fully saturated rings. The van der Waals surface area contributed by atoms with Crippen molar-refractivity contribution in [2.75, 3.05) is 0 Å². The van der Waals surface area contributed by atoms with Crippen molar-refractivity contribution in [1.29, 1.82) is 0 Å². The Morgan fingerprint density at radius 3 is 1.11 bits per heavy atom. The zero-order valence-electron chi connectivity index (χ0n) is 19.6. The number of hydrogen-bond acceptors (Lipinski definition) is 0. The summed E-state index contributed by atoms with van der Waals surface area (Å²) >= 11 is 1.45. The largest absolute Gasteiger partial charge is 1.00 e. The van der Waals surface area contributed by atoms with E-state index in [9.17, 15) is 0 Å². The van der Waals surface area contributed by atoms with E-state index < -0.39 is 0 Å². The van der Waals surface area contributed by atoms with Gasteiger partial charge in [0.25, 0.3) is 0 Å². The molecule has 2 aromatic carbocycles. The van der Waals surface area contributed by atoms with Crippen LogP contribution in [0.1, 0.15) is 77.6 Å². The van der Waals surface area contributed by atoms with Crippen LogP contribution in [0.2, 0.25) is 13.1 Å². The summed E-state index contributed by atoms with van der Waals surface area (Å²) < 4.78 is 0. The molecule has 0 spiro atoms. The second-order valence-electron chi connectivity index (χ2n) is 9.22. The summed E-state index contributed by atoms with van der Waals surface area (Å²) in [6, 6.07) is 13.5. The van der Waals surface area contributed by atoms with Gasteiger partial charge >= 0.3 is 41.6 Å². The first-order valence-corrected chi connectivity index (χ1v) is 17.7. The summed E-state index contributed by atoms with van der Waals surface area (Å²) in [6.07, 6.45) is 2.30. The number of halogens is 2. The Labute approximate surface area is 203 Å². The van der Waals surface area contributed by atoms with E-state index in [1.54, 1.807) is 0 Å². The van der Waals surface area contributed by atoms with Gasteiger partial charge in [0, 0.05) is 0 Å². The van der Waals surface area contributed by atoms with Crippen LogP contribution in [-0.2, 0) is 46.7 Å². The SMILES string of the molecule is CCc1cc(C(C)(C)C)c[cH-]1.CCc1cc(C(C)(C)C)c[cH-]1.C[Si](C)=[Hf+2].[Cl-].[Cl-]. The summed E-state index contributed by atoms with van der Waals surface area (Å²) in [7, 11) is 0. The Morgan fingerprint density at radius 1 is 0.750 bits per heavy atom. The minimum absolute atomic E-state index is 0. The van der Waals surface area contributed by atoms with Crippen LogP contribution in [0.25, 0.3) is 0 Å². The third-order valence-corrected chi connectivity index (χ3v) is 4.18. The van der Waals surface area contributed by atoms with Crippen molar-refractivity contribution in [3.8, 4) is 0 Å². The predicted molar refractivity (Wildman–Crippen MR) is 118 cm³/mol. The zero-order chi connectivity index (χ0) is 20.5. The third-order valence-electron chi connectivity index (χ3n) is 4.18. The van der Waals surface area contributed by atoms with E-state index in [1.165, 1.54) is 45.3 Å². The topological polar surface area (TPSA) is 0 Å². The smallest absolute Gasteiger partial charge is 1.00 e. The second-order valence-corrected chi connectivity index (χ2v) is 22.0. The molecular weight excluding hydrogens is 566 g/mol. The normalized spacial score (nSPS) is 10.4. The molecule has 0 bridgehead atoms. The van der Waals surface area contributed by atoms with Gasteiger partial charge in [-0.25, -0.2) is 12.1 Å². The minimum atomic E-state index is 0. The van der Waals surface area contributed by atoms with Gasteiger partial charge in [0.1, 0.15) is 0 Å². The van der Waals surface area contributed by atoms with Gasteiger partial charge in [-0.2, -0.15) is 46.5 Å². The first kappa shape index (κ1) is 33.0. The van der Waals surface area contributed by atoms with Crippen LogP contribution in [0, 0.1) is 0 Å². The van der Waals surface area contributed by atoms with Crippen LogP contribution >= 0.6 is 0 Å². The van der Waals surface area contributed by atoms with Crippen molar-refractivity contribution in [2.45, 2.75) is 92.2 Å². The maximum Gasteiger partial charge on any atom is -1.00 e. The van der Waals surface area contributed by atoms with Gasteiger partial charge in [0.15, 0.2) is 0 Å². The molecule has 0 heterocycles. The molecule has 0 N–H and O–H groups in total. The summed E-state index contributed by atoms with van der Waals surface area (Å²) in [5.41, 5.74) is 6.70. The zero-order valence-corrected chi connectivity index (χ0v) is 25.7. The van der Waals surface area contributed by atoms with E-state index in [1.807, 2.05) is 0 Å². The van der Waals surface area contributed by atoms with Crippen molar-refractivity contribution >= 4 is 5.49 Å². The molecule has 0 saturated carbocycles. The van der Waals surface area contributed by atoms with E-state index in [0.29, 0.717) is 10.8 Å². The van der Waals surface area contributed by atoms with Crippen LogP contribution in [0.15, 0.2) is 36.4 Å². The van der Waals surface area contributed by atoms with Gasteiger partial charge in [0.2, 0.25) is 0 Å². The van der Waals surface area contributed by atoms with Crippen LogP contribution in [-0.4, -0.2) is 5.49 Å². The van der Waals surface area contributed by atoms with E-state index in [4.69, 9.17) is 0 Å². The van der Waals surface area contributed by atoms with E-state index in [-0.39, 0.29) is 30.3 Å². The molecule has 2 aromatic rings. The number of hydrogen-bond donors (Lipinski definition) is 0. The molecule has 0 aliphatic heterocycles. The fourth-order valence-electron chi connectivity index (χ4n) is 2.36. The van der Waals surface area contributed by atoms with Gasteiger partial charge in [-0.15, -0.1) is 0 Å². The van der Waals surface area contributed by atoms with Crippen LogP contribution < -0.4 is 24.8 Å². The van der Waals surface area contributed by atoms with Gasteiger partial charge in [-0.1, -0.05) is 79.1 Å². The van der Waals surface area contributed by atoms with Crippen LogP contribution in [0.3, 0.4) is 0 Å². The van der Waals surface area contributed by atoms with Gasteiger partial charge in [-0.3, -0.25) is 0 Å². The maximum absolute atomic E-state index is 2.33. The molecule has 0 saturated heterocycles. The molecular formula is C24H40Cl2HfSi-2. The standard InChI is InChI=1S/2C11H17.C2H6Si.2ClH.Hf/c2*1-5-9-6-7-10(8-9)11(2,3)4;1-3-2;;;/h2*6-8H,5H2,1-4H3;1-2H3;2*1H;/q2*-1;;;;+2/p-2. The van der Waals surface area contributed by atoms with Gasteiger partial charge in [0.05, 0.1) is 0 Å². The molecule has 0 atom stereocenters.